The van der Waals surface area contributed by atoms with Crippen molar-refractivity contribution in [3.05, 3.63) is 12.2 Å². The quantitative estimate of drug-likeness (QED) is 0.341. The van der Waals surface area contributed by atoms with Crippen molar-refractivity contribution in [3.8, 4) is 0 Å². The minimum Gasteiger partial charge on any atom is -1.00 e. The standard InChI is InChI=1S/C6H17N2.C4H6O2.ClH/c1-5-6(7)8(2,3)4;1-3(2)4(5)6;/h6H,5,7H2,1-4H3;1H2,2H3,(H,5,6);1H/q+1;;/p-1. The molecule has 4 nitrogen and oxygen atoms in total. The van der Waals surface area contributed by atoms with E-state index in [9.17, 15) is 4.79 Å². The van der Waals surface area contributed by atoms with E-state index >= 15 is 0 Å². The van der Waals surface area contributed by atoms with Crippen molar-refractivity contribution in [1.82, 2.24) is 0 Å². The zero-order chi connectivity index (χ0) is 11.9. The van der Waals surface area contributed by atoms with Gasteiger partial charge < -0.3 is 22.0 Å². The molecule has 0 rings (SSSR count). The second kappa shape index (κ2) is 8.71. The molecular formula is C10H23ClN2O2. The highest BCUT2D eigenvalue weighted by molar-refractivity contribution is 5.84. The molecule has 1 unspecified atom stereocenters. The highest BCUT2D eigenvalue weighted by atomic mass is 35.5. The van der Waals surface area contributed by atoms with E-state index in [2.05, 4.69) is 34.6 Å². The summed E-state index contributed by atoms with van der Waals surface area (Å²) in [6.07, 6.45) is 1.33. The monoisotopic (exact) mass is 238 g/mol. The van der Waals surface area contributed by atoms with Crippen molar-refractivity contribution in [3.63, 3.8) is 0 Å². The Labute approximate surface area is 98.8 Å². The van der Waals surface area contributed by atoms with E-state index in [0.717, 1.165) is 10.9 Å². The molecule has 0 heterocycles. The lowest BCUT2D eigenvalue weighted by molar-refractivity contribution is -0.895. The van der Waals surface area contributed by atoms with Crippen molar-refractivity contribution in [1.29, 1.82) is 0 Å². The van der Waals surface area contributed by atoms with Gasteiger partial charge >= 0.3 is 5.97 Å². The van der Waals surface area contributed by atoms with Crippen LogP contribution in [0.2, 0.25) is 0 Å². The van der Waals surface area contributed by atoms with E-state index in [0.29, 0.717) is 0 Å². The first-order valence-corrected chi connectivity index (χ1v) is 4.58. The first-order chi connectivity index (χ1) is 6.12. The smallest absolute Gasteiger partial charge is 0.330 e. The van der Waals surface area contributed by atoms with Gasteiger partial charge in [0.15, 0.2) is 0 Å². The van der Waals surface area contributed by atoms with E-state index in [4.69, 9.17) is 10.8 Å². The minimum atomic E-state index is -0.935. The van der Waals surface area contributed by atoms with Crippen molar-refractivity contribution in [2.45, 2.75) is 26.4 Å². The Morgan fingerprint density at radius 2 is 1.73 bits per heavy atom. The SMILES string of the molecule is C=C(C)C(=O)O.CCC(N)[N+](C)(C)C.[Cl-]. The van der Waals surface area contributed by atoms with Gasteiger partial charge in [0.25, 0.3) is 0 Å². The zero-order valence-corrected chi connectivity index (χ0v) is 11.0. The maximum absolute atomic E-state index is 9.60. The van der Waals surface area contributed by atoms with Gasteiger partial charge in [-0.3, -0.25) is 5.73 Å². The van der Waals surface area contributed by atoms with Crippen LogP contribution < -0.4 is 18.1 Å². The predicted molar refractivity (Wildman–Crippen MR) is 58.7 cm³/mol. The summed E-state index contributed by atoms with van der Waals surface area (Å²) in [7, 11) is 6.32. The molecule has 0 amide bonds. The van der Waals surface area contributed by atoms with Crippen LogP contribution >= 0.6 is 0 Å². The highest BCUT2D eigenvalue weighted by Gasteiger charge is 2.14. The number of carboxylic acids is 1. The molecule has 0 aliphatic carbocycles. The Bertz CT molecular complexity index is 188. The van der Waals surface area contributed by atoms with Crippen LogP contribution in [-0.4, -0.2) is 42.9 Å². The number of hydrogen-bond acceptors (Lipinski definition) is 2. The molecule has 0 spiro atoms. The van der Waals surface area contributed by atoms with Crippen molar-refractivity contribution in [2.75, 3.05) is 21.1 Å². The van der Waals surface area contributed by atoms with Crippen LogP contribution in [0.5, 0.6) is 0 Å². The third-order valence-corrected chi connectivity index (χ3v) is 1.78. The summed E-state index contributed by atoms with van der Waals surface area (Å²) in [5.41, 5.74) is 5.90. The molecule has 92 valence electrons. The molecule has 0 fully saturated rings. The van der Waals surface area contributed by atoms with Crippen molar-refractivity contribution >= 4 is 5.97 Å². The summed E-state index contributed by atoms with van der Waals surface area (Å²) in [4.78, 5) is 9.60. The largest absolute Gasteiger partial charge is 1.00 e. The fourth-order valence-corrected chi connectivity index (χ4v) is 0.548. The molecule has 0 radical (unpaired) electrons. The summed E-state index contributed by atoms with van der Waals surface area (Å²) >= 11 is 0. The number of rotatable bonds is 3. The summed E-state index contributed by atoms with van der Waals surface area (Å²) in [6, 6.07) is 0. The van der Waals surface area contributed by atoms with E-state index in [-0.39, 0.29) is 24.1 Å². The van der Waals surface area contributed by atoms with Crippen LogP contribution in [0.4, 0.5) is 0 Å². The number of carboxylic acid groups (broad SMARTS) is 1. The Hall–Kier alpha value is -0.580. The number of carbonyl (C=O) groups is 1. The molecule has 0 saturated heterocycles. The second-order valence-corrected chi connectivity index (χ2v) is 4.18. The molecule has 15 heavy (non-hydrogen) atoms. The third kappa shape index (κ3) is 13.4. The van der Waals surface area contributed by atoms with Crippen molar-refractivity contribution < 1.29 is 26.8 Å². The molecule has 3 N–H and O–H groups in total. The summed E-state index contributed by atoms with van der Waals surface area (Å²) in [6.45, 7) is 6.71. The van der Waals surface area contributed by atoms with Gasteiger partial charge in [0, 0.05) is 12.0 Å². The van der Waals surface area contributed by atoms with E-state index < -0.39 is 5.97 Å². The lowest BCUT2D eigenvalue weighted by Gasteiger charge is -2.30. The first-order valence-electron chi connectivity index (χ1n) is 4.58. The Kier molecular flexibility index (Phi) is 11.6. The molecule has 0 aromatic rings. The Balaban J connectivity index is -0.000000187. The van der Waals surface area contributed by atoms with Crippen LogP contribution in [0.3, 0.4) is 0 Å². The Morgan fingerprint density at radius 3 is 1.73 bits per heavy atom. The molecule has 0 aliphatic rings. The van der Waals surface area contributed by atoms with E-state index in [1.807, 2.05) is 0 Å². The topological polar surface area (TPSA) is 63.3 Å². The predicted octanol–water partition coefficient (Wildman–Crippen LogP) is -1.96. The lowest BCUT2D eigenvalue weighted by Crippen LogP contribution is -3.00. The van der Waals surface area contributed by atoms with Crippen LogP contribution in [0, 0.1) is 0 Å². The van der Waals surface area contributed by atoms with Crippen LogP contribution in [0.25, 0.3) is 0 Å². The number of halogens is 1. The van der Waals surface area contributed by atoms with Gasteiger partial charge in [0.2, 0.25) is 0 Å². The van der Waals surface area contributed by atoms with E-state index in [1.165, 1.54) is 6.92 Å². The molecule has 1 atom stereocenters. The lowest BCUT2D eigenvalue weighted by atomic mass is 10.3. The van der Waals surface area contributed by atoms with Gasteiger partial charge in [-0.25, -0.2) is 4.79 Å². The number of aliphatic carboxylic acids is 1. The average molecular weight is 239 g/mol. The molecule has 0 saturated carbocycles. The third-order valence-electron chi connectivity index (χ3n) is 1.78. The number of nitrogens with two attached hydrogens (primary N) is 1. The zero-order valence-electron chi connectivity index (χ0n) is 10.2. The van der Waals surface area contributed by atoms with Gasteiger partial charge in [0.05, 0.1) is 21.1 Å². The van der Waals surface area contributed by atoms with Crippen LogP contribution in [0.15, 0.2) is 12.2 Å². The second-order valence-electron chi connectivity index (χ2n) is 4.18. The highest BCUT2D eigenvalue weighted by Crippen LogP contribution is 1.98. The normalized spacial score (nSPS) is 11.6. The van der Waals surface area contributed by atoms with Crippen LogP contribution in [-0.2, 0) is 4.79 Å². The molecule has 5 heteroatoms. The minimum absolute atomic E-state index is 0. The number of nitrogens with zero attached hydrogens (tertiary/aromatic N) is 1. The molecule has 0 aromatic heterocycles. The summed E-state index contributed by atoms with van der Waals surface area (Å²) < 4.78 is 0.858. The summed E-state index contributed by atoms with van der Waals surface area (Å²) in [5, 5.41) is 7.89. The molecule has 0 aliphatic heterocycles. The first kappa shape index (κ1) is 19.9. The maximum atomic E-state index is 9.60. The molecular weight excluding hydrogens is 216 g/mol. The van der Waals surface area contributed by atoms with Gasteiger partial charge in [-0.2, -0.15) is 0 Å². The van der Waals surface area contributed by atoms with Gasteiger partial charge in [-0.1, -0.05) is 13.5 Å². The van der Waals surface area contributed by atoms with Gasteiger partial charge in [0.1, 0.15) is 6.17 Å². The molecule has 0 aromatic carbocycles. The van der Waals surface area contributed by atoms with Gasteiger partial charge in [-0.15, -0.1) is 0 Å². The Morgan fingerprint density at radius 1 is 1.47 bits per heavy atom. The number of hydrogen-bond donors (Lipinski definition) is 2. The maximum Gasteiger partial charge on any atom is 0.330 e. The van der Waals surface area contributed by atoms with Crippen molar-refractivity contribution in [2.24, 2.45) is 5.73 Å². The van der Waals surface area contributed by atoms with Crippen LogP contribution in [0.1, 0.15) is 20.3 Å². The fraction of sp³-hybridized carbons (Fsp3) is 0.700. The average Bonchev–Trinajstić information content (AvgIpc) is 2.02. The van der Waals surface area contributed by atoms with E-state index in [1.54, 1.807) is 0 Å². The molecule has 0 bridgehead atoms. The number of quaternary nitrogens is 1. The fourth-order valence-electron chi connectivity index (χ4n) is 0.548. The summed E-state index contributed by atoms with van der Waals surface area (Å²) in [5.74, 6) is -0.935. The van der Waals surface area contributed by atoms with Gasteiger partial charge in [-0.05, 0) is 6.92 Å².